The molecule has 1 fully saturated rings. The summed E-state index contributed by atoms with van der Waals surface area (Å²) in [5.41, 5.74) is 4.91. The molecular formula is C49H55ClFN6O7PS2. The molecule has 7 rings (SSSR count). The Labute approximate surface area is 400 Å². The zero-order valence-electron chi connectivity index (χ0n) is 38.0. The van der Waals surface area contributed by atoms with Gasteiger partial charge >= 0.3 is 7.52 Å². The van der Waals surface area contributed by atoms with Crippen molar-refractivity contribution in [2.45, 2.75) is 56.0 Å². The Morgan fingerprint density at radius 3 is 2.16 bits per heavy atom. The first kappa shape index (κ1) is 49.6. The molecule has 0 spiro atoms. The van der Waals surface area contributed by atoms with Crippen LogP contribution in [0, 0.1) is 22.9 Å². The molecule has 1 unspecified atom stereocenters. The average molecular weight is 990 g/mol. The van der Waals surface area contributed by atoms with Gasteiger partial charge < -0.3 is 34.4 Å². The van der Waals surface area contributed by atoms with E-state index < -0.39 is 28.1 Å². The molecule has 2 atom stereocenters. The number of piperazine rings is 1. The topological polar surface area (TPSA) is 159 Å². The van der Waals surface area contributed by atoms with E-state index in [1.165, 1.54) is 30.5 Å². The van der Waals surface area contributed by atoms with Crippen LogP contribution in [0.2, 0.25) is 5.02 Å². The third-order valence-electron chi connectivity index (χ3n) is 11.6. The van der Waals surface area contributed by atoms with Gasteiger partial charge in [0.25, 0.3) is 5.69 Å². The van der Waals surface area contributed by atoms with Gasteiger partial charge in [0.15, 0.2) is 9.84 Å². The third-order valence-corrected chi connectivity index (χ3v) is 16.4. The lowest BCUT2D eigenvalue weighted by molar-refractivity contribution is -0.383. The maximum atomic E-state index is 15.7. The van der Waals surface area contributed by atoms with Crippen LogP contribution in [0.1, 0.15) is 38.9 Å². The minimum absolute atomic E-state index is 0.0786. The minimum Gasteiger partial charge on any atom is -0.396 e. The zero-order chi connectivity index (χ0) is 48.0. The van der Waals surface area contributed by atoms with Crippen LogP contribution in [-0.4, -0.2) is 80.5 Å². The molecule has 5 aromatic carbocycles. The van der Waals surface area contributed by atoms with Crippen molar-refractivity contribution >= 4 is 74.5 Å². The van der Waals surface area contributed by atoms with Gasteiger partial charge in [-0.15, -0.1) is 11.8 Å². The first-order chi connectivity index (χ1) is 32.0. The normalized spacial score (nSPS) is 14.5. The Hall–Kier alpha value is -5.35. The Kier molecular flexibility index (Phi) is 15.8. The molecule has 1 aliphatic heterocycles. The number of thioether (sulfide) groups is 1. The van der Waals surface area contributed by atoms with Crippen molar-refractivity contribution in [3.05, 3.63) is 142 Å². The van der Waals surface area contributed by atoms with Gasteiger partial charge in [0.05, 0.1) is 27.4 Å². The second-order valence-corrected chi connectivity index (χ2v) is 22.2. The molecular weight excluding hydrogens is 934 g/mol. The molecule has 0 radical (unpaired) electrons. The summed E-state index contributed by atoms with van der Waals surface area (Å²) in [6.45, 7) is 9.72. The summed E-state index contributed by atoms with van der Waals surface area (Å²) in [6, 6.07) is 33.0. The second kappa shape index (κ2) is 21.3. The average Bonchev–Trinajstić information content (AvgIpc) is 3.63. The number of aliphatic hydroxyl groups excluding tert-OH is 1. The van der Waals surface area contributed by atoms with Crippen LogP contribution in [0.5, 0.6) is 0 Å². The SMILES string of the molecule is CCOP(=O)(Nc1ccc(N2CCN(c3cc(F)cc(-c4c(S(C)(=O)=O)c(C)n(C(C)C)c4-c4ccc(Cl)cc4)c3)CC2)cc1)c1ccc(N[C@H](CCO)CSc2ccccc2)c([N+](=O)[O-])c1. The maximum Gasteiger partial charge on any atom is 0.324 e. The highest BCUT2D eigenvalue weighted by molar-refractivity contribution is 7.99. The third kappa shape index (κ3) is 11.5. The predicted octanol–water partition coefficient (Wildman–Crippen LogP) is 11.1. The Morgan fingerprint density at radius 2 is 1.57 bits per heavy atom. The van der Waals surface area contributed by atoms with Crippen LogP contribution in [0.4, 0.5) is 32.8 Å². The summed E-state index contributed by atoms with van der Waals surface area (Å²) in [5, 5.41) is 29.0. The van der Waals surface area contributed by atoms with E-state index in [1.54, 1.807) is 55.9 Å². The van der Waals surface area contributed by atoms with Crippen molar-refractivity contribution in [2.75, 3.05) is 71.6 Å². The van der Waals surface area contributed by atoms with E-state index in [0.717, 1.165) is 16.1 Å². The first-order valence-electron chi connectivity index (χ1n) is 22.0. The summed E-state index contributed by atoms with van der Waals surface area (Å²) in [5.74, 6) is 0.0697. The molecule has 67 heavy (non-hydrogen) atoms. The number of rotatable bonds is 19. The summed E-state index contributed by atoms with van der Waals surface area (Å²) in [7, 11) is -7.61. The minimum atomic E-state index is -3.86. The monoisotopic (exact) mass is 988 g/mol. The lowest BCUT2D eigenvalue weighted by atomic mass is 9.99. The number of anilines is 4. The number of benzene rings is 5. The predicted molar refractivity (Wildman–Crippen MR) is 271 cm³/mol. The van der Waals surface area contributed by atoms with E-state index in [4.69, 9.17) is 16.1 Å². The lowest BCUT2D eigenvalue weighted by Crippen LogP contribution is -2.46. The molecule has 1 saturated heterocycles. The van der Waals surface area contributed by atoms with Crippen molar-refractivity contribution < 1.29 is 31.9 Å². The van der Waals surface area contributed by atoms with Crippen LogP contribution in [0.25, 0.3) is 22.4 Å². The van der Waals surface area contributed by atoms with Crippen LogP contribution in [0.15, 0.2) is 125 Å². The Balaban J connectivity index is 1.07. The van der Waals surface area contributed by atoms with Gasteiger partial charge in [0, 0.05) is 101 Å². The van der Waals surface area contributed by atoms with Crippen molar-refractivity contribution in [2.24, 2.45) is 0 Å². The number of hydrogen-bond donors (Lipinski definition) is 3. The molecule has 0 saturated carbocycles. The molecule has 6 aromatic rings. The van der Waals surface area contributed by atoms with Gasteiger partial charge in [0.2, 0.25) is 0 Å². The van der Waals surface area contributed by atoms with E-state index in [1.807, 2.05) is 79.1 Å². The quantitative estimate of drug-likeness (QED) is 0.0306. The number of sulfone groups is 1. The maximum absolute atomic E-state index is 15.7. The van der Waals surface area contributed by atoms with E-state index in [2.05, 4.69) is 20.2 Å². The number of nitrogens with one attached hydrogen (secondary N) is 2. The second-order valence-electron chi connectivity index (χ2n) is 16.6. The zero-order valence-corrected chi connectivity index (χ0v) is 41.3. The number of aromatic nitrogens is 1. The number of nitro benzene ring substituents is 1. The van der Waals surface area contributed by atoms with Crippen molar-refractivity contribution in [1.29, 1.82) is 0 Å². The largest absolute Gasteiger partial charge is 0.396 e. The van der Waals surface area contributed by atoms with Crippen molar-refractivity contribution in [1.82, 2.24) is 4.57 Å². The molecule has 0 amide bonds. The molecule has 1 aliphatic rings. The van der Waals surface area contributed by atoms with Gasteiger partial charge in [-0.25, -0.2) is 12.8 Å². The molecule has 3 N–H and O–H groups in total. The highest BCUT2D eigenvalue weighted by Gasteiger charge is 2.32. The summed E-state index contributed by atoms with van der Waals surface area (Å²) in [4.78, 5) is 17.3. The van der Waals surface area contributed by atoms with Gasteiger partial charge in [-0.05, 0) is 124 Å². The van der Waals surface area contributed by atoms with Gasteiger partial charge in [0.1, 0.15) is 11.5 Å². The van der Waals surface area contributed by atoms with Crippen molar-refractivity contribution in [3.8, 4) is 22.4 Å². The highest BCUT2D eigenvalue weighted by Crippen LogP contribution is 2.48. The first-order valence-corrected chi connectivity index (χ1v) is 26.9. The van der Waals surface area contributed by atoms with E-state index in [9.17, 15) is 28.2 Å². The number of halogens is 2. The molecule has 18 heteroatoms. The summed E-state index contributed by atoms with van der Waals surface area (Å²) in [6.07, 6.45) is 1.55. The number of nitrogens with zero attached hydrogens (tertiary/aromatic N) is 4. The van der Waals surface area contributed by atoms with Gasteiger partial charge in [-0.2, -0.15) is 0 Å². The van der Waals surface area contributed by atoms with E-state index in [-0.39, 0.29) is 46.9 Å². The Morgan fingerprint density at radius 1 is 0.910 bits per heavy atom. The van der Waals surface area contributed by atoms with Crippen LogP contribution < -0.4 is 25.5 Å². The number of nitro groups is 1. The highest BCUT2D eigenvalue weighted by atomic mass is 35.5. The molecule has 13 nitrogen and oxygen atoms in total. The van der Waals surface area contributed by atoms with E-state index in [0.29, 0.717) is 77.3 Å². The van der Waals surface area contributed by atoms with Crippen LogP contribution >= 0.6 is 30.9 Å². The summed E-state index contributed by atoms with van der Waals surface area (Å²) < 4.78 is 65.0. The summed E-state index contributed by atoms with van der Waals surface area (Å²) >= 11 is 7.83. The van der Waals surface area contributed by atoms with E-state index >= 15 is 4.39 Å². The molecule has 0 aliphatic carbocycles. The molecule has 0 bridgehead atoms. The number of hydrogen-bond acceptors (Lipinski definition) is 11. The molecule has 2 heterocycles. The lowest BCUT2D eigenvalue weighted by Gasteiger charge is -2.37. The fourth-order valence-electron chi connectivity index (χ4n) is 8.60. The fraction of sp³-hybridized carbons (Fsp3) is 0.306. The van der Waals surface area contributed by atoms with Gasteiger partial charge in [-0.3, -0.25) is 14.7 Å². The van der Waals surface area contributed by atoms with Crippen LogP contribution in [-0.2, 0) is 18.9 Å². The molecule has 354 valence electrons. The number of aliphatic hydroxyl groups is 1. The smallest absolute Gasteiger partial charge is 0.324 e. The van der Waals surface area contributed by atoms with Crippen molar-refractivity contribution in [3.63, 3.8) is 0 Å². The standard InChI is InChI=1S/C49H55ClFN6O7PS2/c1-6-64-65(61,43-20-21-45(46(31-43)57(59)60)52-40(22-27-58)32-66-44-10-8-7-9-11-44)53-39-16-18-41(19-17-39)54-23-25-55(26-24-54)42-29-36(28-38(51)30-42)47-48(35-12-14-37(50)15-13-35)56(33(2)3)34(4)49(47)67(5,62)63/h7-21,28-31,33,40,52,58H,6,22-27,32H2,1-5H3,(H,53,61)/t40-,65?/m1/s1. The Bertz CT molecular complexity index is 2860. The molecule has 1 aromatic heterocycles. The van der Waals surface area contributed by atoms with Crippen LogP contribution in [0.3, 0.4) is 0 Å². The van der Waals surface area contributed by atoms with Gasteiger partial charge in [-0.1, -0.05) is 41.9 Å². The fourth-order valence-corrected chi connectivity index (χ4v) is 12.7.